The Kier molecular flexibility index (Phi) is 3.84. The maximum atomic E-state index is 4.73. The zero-order valence-electron chi connectivity index (χ0n) is 14.1. The van der Waals surface area contributed by atoms with Crippen LogP contribution < -0.4 is 5.32 Å². The second-order valence-electron chi connectivity index (χ2n) is 6.18. The number of aryl methyl sites for hydroxylation is 3. The van der Waals surface area contributed by atoms with E-state index in [1.165, 1.54) is 17.7 Å². The normalized spacial score (nSPS) is 13.4. The van der Waals surface area contributed by atoms with Crippen LogP contribution in [0, 0.1) is 6.92 Å². The standard InChI is InChI=1S/C17H21N7/c1-3-12-9-15(17-22-19-10-24(17)23-12)18-8-7-16-20-11(2)13-5-4-6-14(13)21-16/h9-10,18H,3-8H2,1-2H3. The molecular formula is C17H21N7. The van der Waals surface area contributed by atoms with Crippen molar-refractivity contribution in [3.8, 4) is 0 Å². The monoisotopic (exact) mass is 323 g/mol. The highest BCUT2D eigenvalue weighted by Crippen LogP contribution is 2.22. The molecule has 0 aromatic carbocycles. The molecule has 0 bridgehead atoms. The molecule has 7 nitrogen and oxygen atoms in total. The summed E-state index contributed by atoms with van der Waals surface area (Å²) in [5.41, 5.74) is 6.46. The molecule has 1 N–H and O–H groups in total. The Morgan fingerprint density at radius 2 is 2.17 bits per heavy atom. The molecule has 3 aromatic rings. The van der Waals surface area contributed by atoms with Crippen LogP contribution >= 0.6 is 0 Å². The first kappa shape index (κ1) is 15.0. The van der Waals surface area contributed by atoms with Crippen molar-refractivity contribution in [1.82, 2.24) is 29.8 Å². The van der Waals surface area contributed by atoms with Gasteiger partial charge in [0.25, 0.3) is 0 Å². The van der Waals surface area contributed by atoms with Crippen LogP contribution in [0.3, 0.4) is 0 Å². The molecule has 0 saturated carbocycles. The van der Waals surface area contributed by atoms with Crippen molar-refractivity contribution in [2.45, 2.75) is 46.0 Å². The number of fused-ring (bicyclic) bond motifs is 2. The minimum Gasteiger partial charge on any atom is -0.381 e. The SMILES string of the molecule is CCc1cc(NCCc2nc(C)c3c(n2)CCC3)c2nncn2n1. The first-order chi connectivity index (χ1) is 11.7. The summed E-state index contributed by atoms with van der Waals surface area (Å²) in [6.45, 7) is 4.94. The number of rotatable bonds is 5. The maximum absolute atomic E-state index is 4.73. The Morgan fingerprint density at radius 1 is 1.25 bits per heavy atom. The molecule has 4 rings (SSSR count). The van der Waals surface area contributed by atoms with Crippen LogP contribution in [-0.2, 0) is 25.7 Å². The van der Waals surface area contributed by atoms with Crippen molar-refractivity contribution < 1.29 is 0 Å². The number of nitrogens with one attached hydrogen (secondary N) is 1. The van der Waals surface area contributed by atoms with Gasteiger partial charge in [-0.1, -0.05) is 6.92 Å². The molecule has 0 atom stereocenters. The molecule has 0 spiro atoms. The molecule has 0 aliphatic heterocycles. The van der Waals surface area contributed by atoms with Gasteiger partial charge in [-0.05, 0) is 44.2 Å². The first-order valence-corrected chi connectivity index (χ1v) is 8.53. The van der Waals surface area contributed by atoms with Gasteiger partial charge in [0.2, 0.25) is 5.65 Å². The summed E-state index contributed by atoms with van der Waals surface area (Å²) in [6, 6.07) is 2.04. The summed E-state index contributed by atoms with van der Waals surface area (Å²) in [5.74, 6) is 0.919. The predicted octanol–water partition coefficient (Wildman–Crippen LogP) is 1.93. The summed E-state index contributed by atoms with van der Waals surface area (Å²) in [6.07, 6.45) is 6.71. The van der Waals surface area contributed by atoms with Gasteiger partial charge < -0.3 is 5.32 Å². The van der Waals surface area contributed by atoms with Gasteiger partial charge in [-0.2, -0.15) is 9.61 Å². The molecule has 24 heavy (non-hydrogen) atoms. The first-order valence-electron chi connectivity index (χ1n) is 8.53. The third-order valence-corrected chi connectivity index (χ3v) is 4.53. The Morgan fingerprint density at radius 3 is 3.04 bits per heavy atom. The van der Waals surface area contributed by atoms with E-state index in [0.29, 0.717) is 0 Å². The summed E-state index contributed by atoms with van der Waals surface area (Å²) in [7, 11) is 0. The number of anilines is 1. The molecular weight excluding hydrogens is 302 g/mol. The molecule has 0 amide bonds. The van der Waals surface area contributed by atoms with Crippen LogP contribution in [0.25, 0.3) is 5.65 Å². The summed E-state index contributed by atoms with van der Waals surface area (Å²) in [4.78, 5) is 9.40. The van der Waals surface area contributed by atoms with E-state index in [1.54, 1.807) is 10.8 Å². The van der Waals surface area contributed by atoms with Crippen LogP contribution in [0.2, 0.25) is 0 Å². The zero-order chi connectivity index (χ0) is 16.5. The topological polar surface area (TPSA) is 80.9 Å². The Labute approximate surface area is 140 Å². The Balaban J connectivity index is 1.50. The minimum atomic E-state index is 0.748. The lowest BCUT2D eigenvalue weighted by Crippen LogP contribution is -2.12. The van der Waals surface area contributed by atoms with Crippen LogP contribution in [0.4, 0.5) is 5.69 Å². The molecule has 124 valence electrons. The van der Waals surface area contributed by atoms with Gasteiger partial charge in [0, 0.05) is 24.4 Å². The molecule has 0 saturated heterocycles. The van der Waals surface area contributed by atoms with Crippen LogP contribution in [0.5, 0.6) is 0 Å². The van der Waals surface area contributed by atoms with Gasteiger partial charge in [-0.3, -0.25) is 0 Å². The molecule has 1 aliphatic rings. The van der Waals surface area contributed by atoms with E-state index in [0.717, 1.165) is 60.8 Å². The maximum Gasteiger partial charge on any atom is 0.200 e. The van der Waals surface area contributed by atoms with Crippen LogP contribution in [-0.4, -0.2) is 36.3 Å². The number of hydrogen-bond donors (Lipinski definition) is 1. The fourth-order valence-electron chi connectivity index (χ4n) is 3.29. The largest absolute Gasteiger partial charge is 0.381 e. The van der Waals surface area contributed by atoms with Gasteiger partial charge in [0.15, 0.2) is 0 Å². The van der Waals surface area contributed by atoms with E-state index in [1.807, 2.05) is 6.07 Å². The highest BCUT2D eigenvalue weighted by molar-refractivity contribution is 5.66. The molecule has 0 radical (unpaired) electrons. The summed E-state index contributed by atoms with van der Waals surface area (Å²) < 4.78 is 1.72. The van der Waals surface area contributed by atoms with Crippen molar-refractivity contribution in [2.24, 2.45) is 0 Å². The Bertz CT molecular complexity index is 884. The van der Waals surface area contributed by atoms with Gasteiger partial charge in [-0.15, -0.1) is 10.2 Å². The second kappa shape index (κ2) is 6.14. The van der Waals surface area contributed by atoms with Crippen molar-refractivity contribution in [3.05, 3.63) is 40.9 Å². The molecule has 7 heteroatoms. The zero-order valence-corrected chi connectivity index (χ0v) is 14.1. The molecule has 1 aliphatic carbocycles. The third-order valence-electron chi connectivity index (χ3n) is 4.53. The third kappa shape index (κ3) is 2.70. The van der Waals surface area contributed by atoms with E-state index in [9.17, 15) is 0 Å². The number of hydrogen-bond acceptors (Lipinski definition) is 6. The fraction of sp³-hybridized carbons (Fsp3) is 0.471. The van der Waals surface area contributed by atoms with E-state index in [-0.39, 0.29) is 0 Å². The molecule has 3 heterocycles. The Hall–Kier alpha value is -2.57. The van der Waals surface area contributed by atoms with Crippen molar-refractivity contribution in [1.29, 1.82) is 0 Å². The van der Waals surface area contributed by atoms with Gasteiger partial charge in [0.1, 0.15) is 12.2 Å². The van der Waals surface area contributed by atoms with Gasteiger partial charge >= 0.3 is 0 Å². The number of aromatic nitrogens is 6. The predicted molar refractivity (Wildman–Crippen MR) is 91.1 cm³/mol. The van der Waals surface area contributed by atoms with E-state index in [4.69, 9.17) is 4.98 Å². The van der Waals surface area contributed by atoms with Crippen LogP contribution in [0.15, 0.2) is 12.4 Å². The van der Waals surface area contributed by atoms with E-state index >= 15 is 0 Å². The smallest absolute Gasteiger partial charge is 0.200 e. The number of nitrogens with zero attached hydrogens (tertiary/aromatic N) is 6. The quantitative estimate of drug-likeness (QED) is 0.773. The lowest BCUT2D eigenvalue weighted by Gasteiger charge is -2.10. The average Bonchev–Trinajstić information content (AvgIpc) is 3.23. The molecule has 3 aromatic heterocycles. The van der Waals surface area contributed by atoms with Crippen LogP contribution in [0.1, 0.15) is 41.8 Å². The second-order valence-corrected chi connectivity index (χ2v) is 6.18. The van der Waals surface area contributed by atoms with Gasteiger partial charge in [-0.25, -0.2) is 9.97 Å². The summed E-state index contributed by atoms with van der Waals surface area (Å²) in [5, 5.41) is 16.0. The highest BCUT2D eigenvalue weighted by Gasteiger charge is 2.16. The highest BCUT2D eigenvalue weighted by atomic mass is 15.3. The lowest BCUT2D eigenvalue weighted by molar-refractivity contribution is 0.839. The van der Waals surface area contributed by atoms with Crippen molar-refractivity contribution >= 4 is 11.3 Å². The average molecular weight is 323 g/mol. The summed E-state index contributed by atoms with van der Waals surface area (Å²) >= 11 is 0. The van der Waals surface area contributed by atoms with Crippen molar-refractivity contribution in [2.75, 3.05) is 11.9 Å². The lowest BCUT2D eigenvalue weighted by atomic mass is 10.2. The van der Waals surface area contributed by atoms with Gasteiger partial charge in [0.05, 0.1) is 11.4 Å². The molecule has 0 fully saturated rings. The van der Waals surface area contributed by atoms with E-state index < -0.39 is 0 Å². The van der Waals surface area contributed by atoms with Crippen molar-refractivity contribution in [3.63, 3.8) is 0 Å². The fourth-order valence-corrected chi connectivity index (χ4v) is 3.29. The van der Waals surface area contributed by atoms with E-state index in [2.05, 4.69) is 39.4 Å². The molecule has 0 unspecified atom stereocenters. The minimum absolute atomic E-state index is 0.748.